The molecule has 58 heavy (non-hydrogen) atoms. The van der Waals surface area contributed by atoms with Gasteiger partial charge in [-0.15, -0.1) is 0 Å². The Morgan fingerprint density at radius 1 is 0.724 bits per heavy atom. The first-order chi connectivity index (χ1) is 27.4. The molecule has 0 aromatic heterocycles. The Morgan fingerprint density at radius 2 is 1.28 bits per heavy atom. The largest absolute Gasteiger partial charge is 0.499 e. The summed E-state index contributed by atoms with van der Waals surface area (Å²) in [6.45, 7) is 4.23. The standard InChI is InChI=1S/C40H47N7O11/c1-21-35(49)42-22(2)38(52)44(4)30(16-24-8-12-27(57-7)13-9-24)37(51)43-23(3)39(53)46(6)32-17-25-10-14-28(15-11-25)58-33-20-26(18-29(34(33)48)47(55)56)19-31(36(50)41-21)45(5)40(32)54/h8-15,18,20-23,30-32,48H,16-17,19H2,1-7H3,(H,41,50)(H,42,49)(H,43,51)/t21-,22-,23-,30-,31-,32-/m0/s1. The molecule has 3 aromatic carbocycles. The van der Waals surface area contributed by atoms with Crippen LogP contribution in [-0.4, -0.2) is 125 Å². The zero-order chi connectivity index (χ0) is 42.6. The van der Waals surface area contributed by atoms with Gasteiger partial charge >= 0.3 is 5.69 Å². The van der Waals surface area contributed by atoms with Crippen LogP contribution in [0.4, 0.5) is 5.69 Å². The van der Waals surface area contributed by atoms with E-state index in [-0.39, 0.29) is 36.3 Å². The predicted octanol–water partition coefficient (Wildman–Crippen LogP) is 1.45. The molecule has 1 saturated heterocycles. The van der Waals surface area contributed by atoms with Crippen LogP contribution in [0.3, 0.4) is 0 Å². The maximum atomic E-state index is 14.7. The summed E-state index contributed by atoms with van der Waals surface area (Å²) >= 11 is 0. The zero-order valence-electron chi connectivity index (χ0n) is 33.2. The van der Waals surface area contributed by atoms with Gasteiger partial charge in [-0.2, -0.15) is 0 Å². The fourth-order valence-corrected chi connectivity index (χ4v) is 6.89. The second-order valence-corrected chi connectivity index (χ2v) is 14.5. The SMILES string of the molecule is COc1ccc(C[C@H]2C(=O)N[C@@H](C)C(=O)N(C)[C@H]3Cc4ccc(cc4)Oc4cc(cc([N+](=O)[O-])c4O)C[C@@H](C(=O)N[C@@H](C)C(=O)N[C@@H](C)C(=O)N2C)N(C)C3=O)cc1. The number of nitro groups is 1. The van der Waals surface area contributed by atoms with Gasteiger partial charge in [-0.1, -0.05) is 24.3 Å². The summed E-state index contributed by atoms with van der Waals surface area (Å²) in [7, 11) is 5.63. The fourth-order valence-electron chi connectivity index (χ4n) is 6.89. The van der Waals surface area contributed by atoms with Gasteiger partial charge in [-0.05, 0) is 67.8 Å². The number of nitrogens with zero attached hydrogens (tertiary/aromatic N) is 4. The Kier molecular flexibility index (Phi) is 12.9. The Balaban J connectivity index is 1.60. The van der Waals surface area contributed by atoms with Crippen molar-refractivity contribution in [1.29, 1.82) is 0 Å². The maximum Gasteiger partial charge on any atom is 0.314 e. The number of nitrogens with one attached hydrogen (secondary N) is 3. The molecule has 1 fully saturated rings. The van der Waals surface area contributed by atoms with Crippen LogP contribution in [0.25, 0.3) is 0 Å². The van der Waals surface area contributed by atoms with Crippen LogP contribution >= 0.6 is 0 Å². The minimum atomic E-state index is -1.44. The monoisotopic (exact) mass is 801 g/mol. The average Bonchev–Trinajstić information content (AvgIpc) is 3.20. The summed E-state index contributed by atoms with van der Waals surface area (Å²) in [5.74, 6) is -4.52. The van der Waals surface area contributed by atoms with Crippen molar-refractivity contribution < 1.29 is 48.3 Å². The van der Waals surface area contributed by atoms with Crippen molar-refractivity contribution in [2.75, 3.05) is 28.3 Å². The lowest BCUT2D eigenvalue weighted by Crippen LogP contribution is -2.61. The molecular weight excluding hydrogens is 754 g/mol. The van der Waals surface area contributed by atoms with Crippen LogP contribution in [0, 0.1) is 10.1 Å². The molecule has 308 valence electrons. The minimum Gasteiger partial charge on any atom is -0.499 e. The molecule has 0 spiro atoms. The van der Waals surface area contributed by atoms with Crippen molar-refractivity contribution in [3.63, 3.8) is 0 Å². The van der Waals surface area contributed by atoms with E-state index >= 15 is 0 Å². The highest BCUT2D eigenvalue weighted by Gasteiger charge is 2.39. The summed E-state index contributed by atoms with van der Waals surface area (Å²) in [6.07, 6.45) is -0.388. The van der Waals surface area contributed by atoms with Crippen LogP contribution in [0.1, 0.15) is 37.5 Å². The van der Waals surface area contributed by atoms with E-state index in [9.17, 15) is 44.0 Å². The quantitative estimate of drug-likeness (QED) is 0.218. The first kappa shape index (κ1) is 42.4. The summed E-state index contributed by atoms with van der Waals surface area (Å²) in [6, 6.07) is 7.99. The normalized spacial score (nSPS) is 23.9. The number of ether oxygens (including phenoxy) is 2. The first-order valence-electron chi connectivity index (χ1n) is 18.5. The first-order valence-corrected chi connectivity index (χ1v) is 18.5. The molecule has 18 heteroatoms. The van der Waals surface area contributed by atoms with Crippen LogP contribution in [0.5, 0.6) is 23.0 Å². The number of rotatable bonds is 4. The third-order valence-electron chi connectivity index (χ3n) is 10.5. The Hall–Kier alpha value is -6.72. The van der Waals surface area contributed by atoms with E-state index in [0.29, 0.717) is 16.9 Å². The number of phenolic OH excluding ortho intramolecular Hbond substituents is 1. The van der Waals surface area contributed by atoms with E-state index in [2.05, 4.69) is 16.0 Å². The number of nitro benzene ring substituents is 1. The van der Waals surface area contributed by atoms with Crippen molar-refractivity contribution >= 4 is 41.1 Å². The number of aromatic hydroxyl groups is 1. The number of carbonyl (C=O) groups excluding carboxylic acids is 6. The Bertz CT molecular complexity index is 2090. The second kappa shape index (κ2) is 17.6. The number of methoxy groups -OCH3 is 1. The summed E-state index contributed by atoms with van der Waals surface area (Å²) in [5.41, 5.74) is 0.631. The van der Waals surface area contributed by atoms with Gasteiger partial charge in [-0.25, -0.2) is 0 Å². The molecule has 0 aliphatic carbocycles. The van der Waals surface area contributed by atoms with Gasteiger partial charge in [0, 0.05) is 46.5 Å². The molecule has 6 rings (SSSR count). The molecule has 3 heterocycles. The Morgan fingerprint density at radius 3 is 1.88 bits per heavy atom. The third-order valence-corrected chi connectivity index (χ3v) is 10.5. The van der Waals surface area contributed by atoms with Gasteiger partial charge in [0.05, 0.1) is 12.0 Å². The van der Waals surface area contributed by atoms with Crippen molar-refractivity contribution in [3.8, 4) is 23.0 Å². The molecule has 6 atom stereocenters. The lowest BCUT2D eigenvalue weighted by atomic mass is 9.98. The second-order valence-electron chi connectivity index (χ2n) is 14.5. The number of hydrogen-bond acceptors (Lipinski definition) is 11. The van der Waals surface area contributed by atoms with Gasteiger partial charge < -0.3 is 45.2 Å². The highest BCUT2D eigenvalue weighted by molar-refractivity contribution is 5.98. The Labute approximate surface area is 334 Å². The lowest BCUT2D eigenvalue weighted by molar-refractivity contribution is -0.386. The number of fused-ring (bicyclic) bond motifs is 2. The molecule has 6 amide bonds. The number of carbonyl (C=O) groups is 6. The van der Waals surface area contributed by atoms with E-state index in [1.54, 1.807) is 36.4 Å². The number of likely N-dealkylation sites (N-methyl/N-ethyl adjacent to an activating group) is 3. The average molecular weight is 802 g/mol. The van der Waals surface area contributed by atoms with Crippen molar-refractivity contribution in [1.82, 2.24) is 30.7 Å². The van der Waals surface area contributed by atoms with Crippen LogP contribution in [0.2, 0.25) is 0 Å². The lowest BCUT2D eigenvalue weighted by Gasteiger charge is -2.36. The number of benzene rings is 3. The smallest absolute Gasteiger partial charge is 0.314 e. The fraction of sp³-hybridized carbons (Fsp3) is 0.400. The number of phenols is 1. The molecule has 6 bridgehead atoms. The molecule has 4 N–H and O–H groups in total. The molecular formula is C40H47N7O11. The van der Waals surface area contributed by atoms with Crippen molar-refractivity contribution in [2.45, 2.75) is 76.3 Å². The van der Waals surface area contributed by atoms with Gasteiger partial charge in [-0.3, -0.25) is 38.9 Å². The van der Waals surface area contributed by atoms with Crippen LogP contribution in [0.15, 0.2) is 60.7 Å². The van der Waals surface area contributed by atoms with Gasteiger partial charge in [0.2, 0.25) is 41.2 Å². The molecule has 18 nitrogen and oxygen atoms in total. The van der Waals surface area contributed by atoms with Gasteiger partial charge in [0.1, 0.15) is 47.8 Å². The van der Waals surface area contributed by atoms with E-state index in [1.807, 2.05) is 0 Å². The molecule has 0 saturated carbocycles. The van der Waals surface area contributed by atoms with E-state index < -0.39 is 88.1 Å². The predicted molar refractivity (Wildman–Crippen MR) is 208 cm³/mol. The summed E-state index contributed by atoms with van der Waals surface area (Å²) in [5, 5.41) is 30.6. The van der Waals surface area contributed by atoms with Crippen LogP contribution in [-0.2, 0) is 48.0 Å². The third kappa shape index (κ3) is 9.28. The van der Waals surface area contributed by atoms with Crippen LogP contribution < -0.4 is 25.4 Å². The van der Waals surface area contributed by atoms with Crippen molar-refractivity contribution in [3.05, 3.63) is 87.5 Å². The summed E-state index contributed by atoms with van der Waals surface area (Å²) in [4.78, 5) is 99.0. The molecule has 3 aliphatic heterocycles. The highest BCUT2D eigenvalue weighted by atomic mass is 16.6. The zero-order valence-corrected chi connectivity index (χ0v) is 33.2. The van der Waals surface area contributed by atoms with Gasteiger partial charge in [0.15, 0.2) is 5.75 Å². The maximum absolute atomic E-state index is 14.7. The van der Waals surface area contributed by atoms with E-state index in [0.717, 1.165) is 11.0 Å². The summed E-state index contributed by atoms with van der Waals surface area (Å²) < 4.78 is 11.1. The van der Waals surface area contributed by atoms with E-state index in [1.165, 1.54) is 77.0 Å². The highest BCUT2D eigenvalue weighted by Crippen LogP contribution is 2.40. The van der Waals surface area contributed by atoms with Gasteiger partial charge in [0.25, 0.3) is 0 Å². The molecule has 3 aromatic rings. The van der Waals surface area contributed by atoms with E-state index in [4.69, 9.17) is 9.47 Å². The number of amides is 6. The molecule has 3 aliphatic rings. The topological polar surface area (TPSA) is 230 Å². The van der Waals surface area contributed by atoms with Crippen molar-refractivity contribution in [2.24, 2.45) is 0 Å². The minimum absolute atomic E-state index is 0.0284. The molecule has 0 unspecified atom stereocenters. The number of hydrogen-bond donors (Lipinski definition) is 4. The molecule has 0 radical (unpaired) electrons.